The van der Waals surface area contributed by atoms with Crippen LogP contribution < -0.4 is 20.8 Å². The fourth-order valence-electron chi connectivity index (χ4n) is 2.66. The summed E-state index contributed by atoms with van der Waals surface area (Å²) >= 11 is 3.37. The van der Waals surface area contributed by atoms with Gasteiger partial charge in [-0.15, -0.1) is 0 Å². The molecular weight excluding hydrogens is 440 g/mol. The number of primary amides is 1. The Kier molecular flexibility index (Phi) is 6.28. The number of nitrogens with two attached hydrogens (primary N) is 1. The summed E-state index contributed by atoms with van der Waals surface area (Å²) in [6.07, 6.45) is 1.53. The van der Waals surface area contributed by atoms with Crippen molar-refractivity contribution in [2.45, 2.75) is 13.8 Å². The number of carbonyl (C=O) groups is 1. The molecule has 0 aliphatic rings. The Labute approximate surface area is 175 Å². The Hall–Kier alpha value is -3.20. The number of carbonyl (C=O) groups excluding carboxylic acids is 1. The number of benzene rings is 2. The number of aromatic nitrogens is 2. The minimum atomic E-state index is -0.580. The molecule has 3 rings (SSSR count). The third kappa shape index (κ3) is 4.80. The number of ether oxygens (including phenoxy) is 2. The highest BCUT2D eigenvalue weighted by Crippen LogP contribution is 2.28. The number of amides is 1. The Bertz CT molecular complexity index is 1160. The molecule has 150 valence electrons. The van der Waals surface area contributed by atoms with E-state index in [0.29, 0.717) is 40.4 Å². The molecule has 9 heteroatoms. The molecular formula is C20H19BrN4O4. The Balaban J connectivity index is 1.96. The van der Waals surface area contributed by atoms with Crippen LogP contribution in [-0.2, 0) is 4.79 Å². The Morgan fingerprint density at radius 1 is 1.24 bits per heavy atom. The maximum absolute atomic E-state index is 12.8. The summed E-state index contributed by atoms with van der Waals surface area (Å²) in [6.45, 7) is 3.71. The van der Waals surface area contributed by atoms with E-state index in [9.17, 15) is 9.59 Å². The first-order chi connectivity index (χ1) is 13.9. The topological polar surface area (TPSA) is 109 Å². The summed E-state index contributed by atoms with van der Waals surface area (Å²) in [5.41, 5.74) is 6.14. The van der Waals surface area contributed by atoms with E-state index in [-0.39, 0.29) is 12.2 Å². The fraction of sp³-hybridized carbons (Fsp3) is 0.200. The third-order valence-corrected chi connectivity index (χ3v) is 4.42. The standard InChI is InChI=1S/C20H19BrN4O4/c1-3-28-18-8-13(4-7-17(18)29-11-19(22)26)10-23-25-12(2)24-16-6-5-14(21)9-15(16)20(25)27/h4-10H,3,11H2,1-2H3,(H2,22,26). The van der Waals surface area contributed by atoms with Crippen LogP contribution >= 0.6 is 15.9 Å². The molecule has 0 radical (unpaired) electrons. The van der Waals surface area contributed by atoms with Crippen molar-refractivity contribution >= 4 is 39.0 Å². The van der Waals surface area contributed by atoms with Gasteiger partial charge >= 0.3 is 0 Å². The Morgan fingerprint density at radius 2 is 2.03 bits per heavy atom. The van der Waals surface area contributed by atoms with Crippen molar-refractivity contribution in [3.8, 4) is 11.5 Å². The van der Waals surface area contributed by atoms with Crippen molar-refractivity contribution in [3.63, 3.8) is 0 Å². The van der Waals surface area contributed by atoms with Gasteiger partial charge in [-0.3, -0.25) is 9.59 Å². The molecule has 0 fully saturated rings. The van der Waals surface area contributed by atoms with Gasteiger partial charge in [0, 0.05) is 4.47 Å². The van der Waals surface area contributed by atoms with Crippen LogP contribution in [0.1, 0.15) is 18.3 Å². The van der Waals surface area contributed by atoms with Gasteiger partial charge in [-0.25, -0.2) is 4.98 Å². The molecule has 8 nitrogen and oxygen atoms in total. The maximum atomic E-state index is 12.8. The van der Waals surface area contributed by atoms with Crippen LogP contribution in [0.5, 0.6) is 11.5 Å². The first kappa shape index (κ1) is 20.5. The Morgan fingerprint density at radius 3 is 2.76 bits per heavy atom. The molecule has 0 aliphatic carbocycles. The lowest BCUT2D eigenvalue weighted by Gasteiger charge is -2.11. The van der Waals surface area contributed by atoms with Crippen molar-refractivity contribution in [3.05, 3.63) is 62.6 Å². The van der Waals surface area contributed by atoms with Gasteiger partial charge in [-0.1, -0.05) is 15.9 Å². The molecule has 1 aromatic heterocycles. The molecule has 0 saturated carbocycles. The minimum Gasteiger partial charge on any atom is -0.490 e. The predicted octanol–water partition coefficient (Wildman–Crippen LogP) is 2.61. The SMILES string of the molecule is CCOc1cc(C=Nn2c(C)nc3ccc(Br)cc3c2=O)ccc1OCC(N)=O. The summed E-state index contributed by atoms with van der Waals surface area (Å²) in [5, 5.41) is 4.76. The van der Waals surface area contributed by atoms with Crippen LogP contribution in [0.15, 0.2) is 50.8 Å². The average molecular weight is 459 g/mol. The quantitative estimate of drug-likeness (QED) is 0.547. The number of nitrogens with zero attached hydrogens (tertiary/aromatic N) is 3. The van der Waals surface area contributed by atoms with Gasteiger partial charge in [-0.05, 0) is 55.8 Å². The summed E-state index contributed by atoms with van der Waals surface area (Å²) in [6, 6.07) is 10.4. The zero-order valence-corrected chi connectivity index (χ0v) is 17.5. The highest BCUT2D eigenvalue weighted by atomic mass is 79.9. The molecule has 0 bridgehead atoms. The lowest BCUT2D eigenvalue weighted by atomic mass is 10.2. The van der Waals surface area contributed by atoms with Gasteiger partial charge < -0.3 is 15.2 Å². The van der Waals surface area contributed by atoms with Gasteiger partial charge in [-0.2, -0.15) is 9.78 Å². The average Bonchev–Trinajstić information content (AvgIpc) is 2.68. The molecule has 3 aromatic rings. The molecule has 0 unspecified atom stereocenters. The molecule has 0 spiro atoms. The monoisotopic (exact) mass is 458 g/mol. The number of aryl methyl sites for hydroxylation is 1. The molecule has 29 heavy (non-hydrogen) atoms. The van der Waals surface area contributed by atoms with Gasteiger partial charge in [0.15, 0.2) is 18.1 Å². The fourth-order valence-corrected chi connectivity index (χ4v) is 3.02. The van der Waals surface area contributed by atoms with Crippen LogP contribution in [0.2, 0.25) is 0 Å². The molecule has 2 aromatic carbocycles. The van der Waals surface area contributed by atoms with Gasteiger partial charge in [0.2, 0.25) is 0 Å². The van der Waals surface area contributed by atoms with Crippen LogP contribution in [0.4, 0.5) is 0 Å². The van der Waals surface area contributed by atoms with E-state index >= 15 is 0 Å². The number of fused-ring (bicyclic) bond motifs is 1. The zero-order chi connectivity index (χ0) is 21.0. The largest absolute Gasteiger partial charge is 0.490 e. The molecule has 2 N–H and O–H groups in total. The summed E-state index contributed by atoms with van der Waals surface area (Å²) in [5.74, 6) is 0.728. The number of halogens is 1. The first-order valence-corrected chi connectivity index (χ1v) is 9.59. The van der Waals surface area contributed by atoms with E-state index in [0.717, 1.165) is 4.47 Å². The van der Waals surface area contributed by atoms with Crippen LogP contribution in [-0.4, -0.2) is 35.0 Å². The van der Waals surface area contributed by atoms with E-state index in [1.807, 2.05) is 13.0 Å². The van der Waals surface area contributed by atoms with Gasteiger partial charge in [0.1, 0.15) is 5.82 Å². The highest BCUT2D eigenvalue weighted by molar-refractivity contribution is 9.10. The third-order valence-electron chi connectivity index (χ3n) is 3.93. The normalized spacial score (nSPS) is 11.1. The van der Waals surface area contributed by atoms with Crippen molar-refractivity contribution < 1.29 is 14.3 Å². The van der Waals surface area contributed by atoms with Crippen LogP contribution in [0.3, 0.4) is 0 Å². The predicted molar refractivity (Wildman–Crippen MR) is 114 cm³/mol. The van der Waals surface area contributed by atoms with Crippen LogP contribution in [0.25, 0.3) is 10.9 Å². The number of rotatable bonds is 7. The maximum Gasteiger partial charge on any atom is 0.282 e. The van der Waals surface area contributed by atoms with E-state index in [2.05, 4.69) is 26.0 Å². The smallest absolute Gasteiger partial charge is 0.282 e. The van der Waals surface area contributed by atoms with E-state index < -0.39 is 5.91 Å². The van der Waals surface area contributed by atoms with Gasteiger partial charge in [0.05, 0.1) is 23.7 Å². The summed E-state index contributed by atoms with van der Waals surface area (Å²) in [4.78, 5) is 28.2. The van der Waals surface area contributed by atoms with Crippen LogP contribution in [0, 0.1) is 6.92 Å². The second-order valence-corrected chi connectivity index (χ2v) is 6.99. The summed E-state index contributed by atoms with van der Waals surface area (Å²) in [7, 11) is 0. The molecule has 0 aliphatic heterocycles. The minimum absolute atomic E-state index is 0.250. The van der Waals surface area contributed by atoms with Crippen molar-refractivity contribution in [1.82, 2.24) is 9.66 Å². The lowest BCUT2D eigenvalue weighted by Crippen LogP contribution is -2.20. The van der Waals surface area contributed by atoms with Crippen molar-refractivity contribution in [2.75, 3.05) is 13.2 Å². The van der Waals surface area contributed by atoms with E-state index in [1.54, 1.807) is 37.3 Å². The van der Waals surface area contributed by atoms with Gasteiger partial charge in [0.25, 0.3) is 11.5 Å². The second-order valence-electron chi connectivity index (χ2n) is 6.08. The molecule has 0 saturated heterocycles. The molecule has 1 heterocycles. The lowest BCUT2D eigenvalue weighted by molar-refractivity contribution is -0.119. The summed E-state index contributed by atoms with van der Waals surface area (Å²) < 4.78 is 12.9. The van der Waals surface area contributed by atoms with E-state index in [4.69, 9.17) is 15.2 Å². The van der Waals surface area contributed by atoms with Crippen molar-refractivity contribution in [2.24, 2.45) is 10.8 Å². The molecule has 0 atom stereocenters. The zero-order valence-electron chi connectivity index (χ0n) is 15.9. The number of hydrogen-bond acceptors (Lipinski definition) is 6. The van der Waals surface area contributed by atoms with Crippen molar-refractivity contribution in [1.29, 1.82) is 0 Å². The molecule has 1 amide bonds. The van der Waals surface area contributed by atoms with E-state index in [1.165, 1.54) is 10.9 Å². The number of hydrogen-bond donors (Lipinski definition) is 1. The first-order valence-electron chi connectivity index (χ1n) is 8.80. The highest BCUT2D eigenvalue weighted by Gasteiger charge is 2.09. The second kappa shape index (κ2) is 8.87.